The number of amides is 1. The summed E-state index contributed by atoms with van der Waals surface area (Å²) in [5.74, 6) is -0.234. The van der Waals surface area contributed by atoms with E-state index in [1.54, 1.807) is 7.05 Å². The summed E-state index contributed by atoms with van der Waals surface area (Å²) < 4.78 is 0. The molecule has 0 saturated heterocycles. The lowest BCUT2D eigenvalue weighted by Gasteiger charge is -2.08. The van der Waals surface area contributed by atoms with Gasteiger partial charge in [0.15, 0.2) is 0 Å². The normalized spacial score (nSPS) is 11.7. The van der Waals surface area contributed by atoms with Crippen molar-refractivity contribution in [3.8, 4) is 0 Å². The van der Waals surface area contributed by atoms with Gasteiger partial charge < -0.3 is 10.2 Å². The van der Waals surface area contributed by atoms with Gasteiger partial charge in [0.2, 0.25) is 0 Å². The van der Waals surface area contributed by atoms with Gasteiger partial charge >= 0.3 is 0 Å². The third-order valence-electron chi connectivity index (χ3n) is 1.53. The molecule has 2 N–H and O–H groups in total. The zero-order valence-electron chi connectivity index (χ0n) is 9.53. The Labute approximate surface area is 90.5 Å². The molecule has 0 radical (unpaired) electrons. The summed E-state index contributed by atoms with van der Waals surface area (Å²) in [6.45, 7) is 2.36. The topological polar surface area (TPSA) is 69.1 Å². The number of aliphatic imine (C=N–C) groups is 2. The predicted molar refractivity (Wildman–Crippen MR) is 62.5 cm³/mol. The van der Waals surface area contributed by atoms with Crippen LogP contribution in [0.25, 0.3) is 0 Å². The molecule has 1 amide bonds. The van der Waals surface area contributed by atoms with Crippen molar-refractivity contribution in [1.82, 2.24) is 15.5 Å². The summed E-state index contributed by atoms with van der Waals surface area (Å²) in [5, 5.41) is 5.52. The van der Waals surface area contributed by atoms with Crippen LogP contribution in [0, 0.1) is 0 Å². The van der Waals surface area contributed by atoms with Crippen molar-refractivity contribution in [3.63, 3.8) is 0 Å². The molecule has 0 bridgehead atoms. The first-order valence-electron chi connectivity index (χ1n) is 4.75. The highest BCUT2D eigenvalue weighted by molar-refractivity contribution is 6.27. The van der Waals surface area contributed by atoms with E-state index in [0.29, 0.717) is 6.67 Å². The number of hydrogen-bond acceptors (Lipinski definition) is 4. The van der Waals surface area contributed by atoms with Crippen LogP contribution in [0.1, 0.15) is 0 Å². The lowest BCUT2D eigenvalue weighted by Crippen LogP contribution is -2.26. The SMILES string of the molecule is CNC(=O)C=NC=NCNCCN(C)C. The Balaban J connectivity index is 3.39. The van der Waals surface area contributed by atoms with E-state index in [9.17, 15) is 4.79 Å². The van der Waals surface area contributed by atoms with Crippen LogP contribution >= 0.6 is 0 Å². The number of carbonyl (C=O) groups excluding carboxylic acids is 1. The van der Waals surface area contributed by atoms with Crippen molar-refractivity contribution < 1.29 is 4.79 Å². The highest BCUT2D eigenvalue weighted by Crippen LogP contribution is 1.71. The molecule has 0 aromatic rings. The second kappa shape index (κ2) is 9.29. The average Bonchev–Trinajstić information content (AvgIpc) is 2.21. The molecule has 15 heavy (non-hydrogen) atoms. The van der Waals surface area contributed by atoms with E-state index in [2.05, 4.69) is 25.5 Å². The Bertz CT molecular complexity index is 225. The van der Waals surface area contributed by atoms with Gasteiger partial charge in [0.05, 0.1) is 12.9 Å². The van der Waals surface area contributed by atoms with Crippen molar-refractivity contribution in [2.24, 2.45) is 9.98 Å². The van der Waals surface area contributed by atoms with E-state index in [4.69, 9.17) is 0 Å². The minimum atomic E-state index is -0.234. The van der Waals surface area contributed by atoms with Gasteiger partial charge in [0.1, 0.15) is 6.34 Å². The summed E-state index contributed by atoms with van der Waals surface area (Å²) in [5.41, 5.74) is 0. The Morgan fingerprint density at radius 1 is 1.47 bits per heavy atom. The molecule has 0 aromatic carbocycles. The molecule has 0 spiro atoms. The summed E-state index contributed by atoms with van der Waals surface area (Å²) >= 11 is 0. The summed E-state index contributed by atoms with van der Waals surface area (Å²) in [6, 6.07) is 0. The second-order valence-corrected chi connectivity index (χ2v) is 3.15. The fourth-order valence-corrected chi connectivity index (χ4v) is 0.700. The highest BCUT2D eigenvalue weighted by atomic mass is 16.1. The molecule has 0 atom stereocenters. The molecule has 0 aromatic heterocycles. The van der Waals surface area contributed by atoms with Gasteiger partial charge in [-0.05, 0) is 14.1 Å². The molecule has 86 valence electrons. The van der Waals surface area contributed by atoms with Crippen molar-refractivity contribution >= 4 is 18.5 Å². The Kier molecular flexibility index (Phi) is 8.50. The average molecular weight is 213 g/mol. The lowest BCUT2D eigenvalue weighted by molar-refractivity contribution is -0.113. The summed E-state index contributed by atoms with van der Waals surface area (Å²) in [4.78, 5) is 20.4. The van der Waals surface area contributed by atoms with Crippen molar-refractivity contribution in [2.45, 2.75) is 0 Å². The molecule has 0 heterocycles. The predicted octanol–water partition coefficient (Wildman–Crippen LogP) is -1.06. The lowest BCUT2D eigenvalue weighted by atomic mass is 10.6. The number of nitrogens with one attached hydrogen (secondary N) is 2. The van der Waals surface area contributed by atoms with Crippen molar-refractivity contribution in [2.75, 3.05) is 40.9 Å². The fraction of sp³-hybridized carbons (Fsp3) is 0.667. The first kappa shape index (κ1) is 13.7. The maximum atomic E-state index is 10.7. The molecule has 0 saturated carbocycles. The first-order chi connectivity index (χ1) is 7.16. The van der Waals surface area contributed by atoms with E-state index in [0.717, 1.165) is 13.1 Å². The van der Waals surface area contributed by atoms with Crippen molar-refractivity contribution in [1.29, 1.82) is 0 Å². The van der Waals surface area contributed by atoms with Gasteiger partial charge in [-0.3, -0.25) is 15.1 Å². The first-order valence-corrected chi connectivity index (χ1v) is 4.75. The molecule has 0 fully saturated rings. The van der Waals surface area contributed by atoms with Crippen LogP contribution in [0.5, 0.6) is 0 Å². The number of likely N-dealkylation sites (N-methyl/N-ethyl adjacent to an activating group) is 1. The van der Waals surface area contributed by atoms with Crippen LogP contribution in [-0.4, -0.2) is 64.3 Å². The molecule has 0 unspecified atom stereocenters. The van der Waals surface area contributed by atoms with Gasteiger partial charge in [0, 0.05) is 20.1 Å². The van der Waals surface area contributed by atoms with E-state index in [1.807, 2.05) is 14.1 Å². The van der Waals surface area contributed by atoms with Crippen LogP contribution in [0.2, 0.25) is 0 Å². The van der Waals surface area contributed by atoms with Crippen LogP contribution in [0.15, 0.2) is 9.98 Å². The van der Waals surface area contributed by atoms with Gasteiger partial charge in [-0.2, -0.15) is 0 Å². The molecule has 0 aliphatic carbocycles. The van der Waals surface area contributed by atoms with E-state index in [1.165, 1.54) is 12.6 Å². The van der Waals surface area contributed by atoms with Crippen LogP contribution < -0.4 is 10.6 Å². The second-order valence-electron chi connectivity index (χ2n) is 3.15. The monoisotopic (exact) mass is 213 g/mol. The summed E-state index contributed by atoms with van der Waals surface area (Å²) in [7, 11) is 5.57. The minimum absolute atomic E-state index is 0.234. The standard InChI is InChI=1S/C9H19N5O/c1-10-9(15)6-12-8-13-7-11-4-5-14(2)3/h6,8,11H,4-5,7H2,1-3H3,(H,10,15). The molecule has 6 nitrogen and oxygen atoms in total. The highest BCUT2D eigenvalue weighted by Gasteiger charge is 1.87. The third kappa shape index (κ3) is 10.7. The van der Waals surface area contributed by atoms with Crippen LogP contribution in [-0.2, 0) is 4.79 Å². The maximum absolute atomic E-state index is 10.7. The van der Waals surface area contributed by atoms with E-state index < -0.39 is 0 Å². The molecule has 0 aliphatic rings. The number of rotatable bonds is 7. The van der Waals surface area contributed by atoms with E-state index in [-0.39, 0.29) is 5.91 Å². The van der Waals surface area contributed by atoms with Crippen LogP contribution in [0.4, 0.5) is 0 Å². The van der Waals surface area contributed by atoms with Gasteiger partial charge in [-0.15, -0.1) is 0 Å². The molecule has 0 aliphatic heterocycles. The molecular weight excluding hydrogens is 194 g/mol. The zero-order chi connectivity index (χ0) is 11.5. The quantitative estimate of drug-likeness (QED) is 0.322. The van der Waals surface area contributed by atoms with Gasteiger partial charge in [-0.25, -0.2) is 4.99 Å². The fourth-order valence-electron chi connectivity index (χ4n) is 0.700. The van der Waals surface area contributed by atoms with Crippen molar-refractivity contribution in [3.05, 3.63) is 0 Å². The molecular formula is C9H19N5O. The maximum Gasteiger partial charge on any atom is 0.262 e. The molecule has 0 rings (SSSR count). The van der Waals surface area contributed by atoms with Gasteiger partial charge in [0.25, 0.3) is 5.91 Å². The largest absolute Gasteiger partial charge is 0.354 e. The Morgan fingerprint density at radius 3 is 2.80 bits per heavy atom. The Morgan fingerprint density at radius 2 is 2.20 bits per heavy atom. The zero-order valence-corrected chi connectivity index (χ0v) is 9.53. The minimum Gasteiger partial charge on any atom is -0.354 e. The number of nitrogens with zero attached hydrogens (tertiary/aromatic N) is 3. The number of carbonyl (C=O) groups is 1. The smallest absolute Gasteiger partial charge is 0.262 e. The van der Waals surface area contributed by atoms with Crippen LogP contribution in [0.3, 0.4) is 0 Å². The van der Waals surface area contributed by atoms with E-state index >= 15 is 0 Å². The number of hydrogen-bond donors (Lipinski definition) is 2. The summed E-state index contributed by atoms with van der Waals surface area (Å²) in [6.07, 6.45) is 2.54. The molecule has 6 heteroatoms. The third-order valence-corrected chi connectivity index (χ3v) is 1.53. The Hall–Kier alpha value is -1.27. The van der Waals surface area contributed by atoms with Gasteiger partial charge in [-0.1, -0.05) is 0 Å².